The molecule has 1 aromatic heterocycles. The number of carbonyl (C=O) groups is 1. The normalized spacial score (nSPS) is 19.9. The molecular formula is C23H30F3N3O5S2. The molecule has 0 radical (unpaired) electrons. The summed E-state index contributed by atoms with van der Waals surface area (Å²) in [5.74, 6) is -2.02. The smallest absolute Gasteiger partial charge is 0.490 e. The molecule has 0 bridgehead atoms. The minimum absolute atomic E-state index is 0.158. The molecule has 13 heteroatoms. The van der Waals surface area contributed by atoms with E-state index in [1.54, 1.807) is 33.8 Å². The Balaban J connectivity index is 0.000000454. The van der Waals surface area contributed by atoms with Crippen molar-refractivity contribution in [1.82, 2.24) is 14.2 Å². The number of nitrogens with zero attached hydrogens (tertiary/aromatic N) is 3. The molecule has 0 unspecified atom stereocenters. The fraction of sp³-hybridized carbons (Fsp3) is 0.565. The van der Waals surface area contributed by atoms with Gasteiger partial charge >= 0.3 is 12.1 Å². The van der Waals surface area contributed by atoms with Crippen LogP contribution in [0, 0.1) is 11.3 Å². The average molecular weight is 550 g/mol. The van der Waals surface area contributed by atoms with Crippen LogP contribution >= 0.6 is 11.3 Å². The quantitative estimate of drug-likeness (QED) is 0.613. The highest BCUT2D eigenvalue weighted by molar-refractivity contribution is 7.89. The molecule has 1 spiro atoms. The largest absolute Gasteiger partial charge is 0.492 e. The van der Waals surface area contributed by atoms with Crippen molar-refractivity contribution < 1.29 is 36.2 Å². The van der Waals surface area contributed by atoms with Gasteiger partial charge in [0, 0.05) is 30.1 Å². The summed E-state index contributed by atoms with van der Waals surface area (Å²) < 4.78 is 66.4. The van der Waals surface area contributed by atoms with E-state index in [-0.39, 0.29) is 16.2 Å². The van der Waals surface area contributed by atoms with Gasteiger partial charge in [0.25, 0.3) is 0 Å². The summed E-state index contributed by atoms with van der Waals surface area (Å²) in [4.78, 5) is 16.0. The van der Waals surface area contributed by atoms with Crippen LogP contribution in [0.5, 0.6) is 5.75 Å². The lowest BCUT2D eigenvalue weighted by molar-refractivity contribution is -0.192. The third kappa shape index (κ3) is 7.17. The Morgan fingerprint density at radius 3 is 2.44 bits per heavy atom. The second kappa shape index (κ2) is 11.4. The Hall–Kier alpha value is -2.22. The number of hydrogen-bond acceptors (Lipinski definition) is 7. The van der Waals surface area contributed by atoms with Crippen LogP contribution < -0.4 is 4.74 Å². The molecule has 1 N–H and O–H groups in total. The number of alkyl halides is 3. The lowest BCUT2D eigenvalue weighted by Crippen LogP contribution is -2.52. The molecule has 1 aromatic carbocycles. The number of fused-ring (bicyclic) bond motifs is 1. The molecule has 0 aliphatic carbocycles. The molecule has 0 atom stereocenters. The zero-order valence-electron chi connectivity index (χ0n) is 20.1. The summed E-state index contributed by atoms with van der Waals surface area (Å²) in [6, 6.07) is 7.04. The summed E-state index contributed by atoms with van der Waals surface area (Å²) in [5.41, 5.74) is -0.158. The fourth-order valence-corrected chi connectivity index (χ4v) is 6.74. The average Bonchev–Trinajstić information content (AvgIpc) is 3.31. The van der Waals surface area contributed by atoms with Crippen LogP contribution in [0.15, 0.2) is 40.7 Å². The van der Waals surface area contributed by atoms with E-state index in [2.05, 4.69) is 23.7 Å². The Labute approximate surface area is 212 Å². The van der Waals surface area contributed by atoms with Crippen molar-refractivity contribution in [1.29, 1.82) is 0 Å². The van der Waals surface area contributed by atoms with E-state index in [9.17, 15) is 21.6 Å². The van der Waals surface area contributed by atoms with Gasteiger partial charge in [-0.25, -0.2) is 18.2 Å². The standard InChI is InChI=1S/C21H29N3O3S2.C2HF3O2/c1-17(2)13-24-15-21(7-10-23(11-8-21)14-20-22-9-12-28-20)16-27-18-5-3-4-6-19(18)29(24,25)26;3-2(4,5)1(6)7/h3-6,9,12,17H,7-8,10-11,13-16H2,1-2H3;(H,6,7). The van der Waals surface area contributed by atoms with E-state index in [0.29, 0.717) is 25.4 Å². The van der Waals surface area contributed by atoms with E-state index < -0.39 is 22.2 Å². The van der Waals surface area contributed by atoms with Gasteiger partial charge in [0.1, 0.15) is 15.7 Å². The maximum atomic E-state index is 13.4. The summed E-state index contributed by atoms with van der Waals surface area (Å²) in [6.45, 7) is 8.47. The Morgan fingerprint density at radius 2 is 1.89 bits per heavy atom. The number of halogens is 3. The van der Waals surface area contributed by atoms with Crippen molar-refractivity contribution in [3.63, 3.8) is 0 Å². The molecule has 0 saturated carbocycles. The van der Waals surface area contributed by atoms with E-state index in [1.165, 1.54) is 0 Å². The fourth-order valence-electron chi connectivity index (χ4n) is 4.24. The number of carboxylic acid groups (broad SMARTS) is 1. The lowest BCUT2D eigenvalue weighted by atomic mass is 9.78. The third-order valence-corrected chi connectivity index (χ3v) is 8.70. The highest BCUT2D eigenvalue weighted by Gasteiger charge is 2.43. The van der Waals surface area contributed by atoms with Crippen molar-refractivity contribution in [3.05, 3.63) is 40.8 Å². The van der Waals surface area contributed by atoms with E-state index in [4.69, 9.17) is 14.6 Å². The maximum absolute atomic E-state index is 13.4. The first-order valence-electron chi connectivity index (χ1n) is 11.5. The number of para-hydroxylation sites is 1. The first-order valence-corrected chi connectivity index (χ1v) is 13.8. The van der Waals surface area contributed by atoms with Crippen molar-refractivity contribution in [2.75, 3.05) is 32.8 Å². The van der Waals surface area contributed by atoms with Crippen molar-refractivity contribution >= 4 is 27.3 Å². The molecule has 8 nitrogen and oxygen atoms in total. The molecule has 4 rings (SSSR count). The number of benzene rings is 1. The summed E-state index contributed by atoms with van der Waals surface area (Å²) in [7, 11) is -3.58. The number of aliphatic carboxylic acids is 1. The molecule has 2 aliphatic heterocycles. The number of ether oxygens (including phenoxy) is 1. The van der Waals surface area contributed by atoms with Gasteiger partial charge in [-0.15, -0.1) is 11.3 Å². The predicted octanol–water partition coefficient (Wildman–Crippen LogP) is 4.10. The summed E-state index contributed by atoms with van der Waals surface area (Å²) in [5, 5.41) is 10.3. The molecule has 1 fully saturated rings. The van der Waals surface area contributed by atoms with Crippen LogP contribution in [0.25, 0.3) is 0 Å². The highest BCUT2D eigenvalue weighted by atomic mass is 32.2. The van der Waals surface area contributed by atoms with Crippen molar-refractivity contribution in [2.45, 2.75) is 44.3 Å². The summed E-state index contributed by atoms with van der Waals surface area (Å²) >= 11 is 1.68. The molecule has 2 aromatic rings. The number of aromatic nitrogens is 1. The molecule has 1 saturated heterocycles. The maximum Gasteiger partial charge on any atom is 0.490 e. The van der Waals surface area contributed by atoms with E-state index in [1.807, 2.05) is 17.6 Å². The Kier molecular flexibility index (Phi) is 9.02. The zero-order chi connectivity index (χ0) is 26.6. The highest BCUT2D eigenvalue weighted by Crippen LogP contribution is 2.39. The topological polar surface area (TPSA) is 100 Å². The molecule has 200 valence electrons. The minimum Gasteiger partial charge on any atom is -0.492 e. The van der Waals surface area contributed by atoms with Gasteiger partial charge in [-0.2, -0.15) is 17.5 Å². The number of hydrogen-bond donors (Lipinski definition) is 1. The zero-order valence-corrected chi connectivity index (χ0v) is 21.7. The summed E-state index contributed by atoms with van der Waals surface area (Å²) in [6.07, 6.45) is -1.39. The lowest BCUT2D eigenvalue weighted by Gasteiger charge is -2.45. The van der Waals surface area contributed by atoms with Crippen LogP contribution in [-0.4, -0.2) is 72.6 Å². The predicted molar refractivity (Wildman–Crippen MR) is 128 cm³/mol. The van der Waals surface area contributed by atoms with E-state index in [0.717, 1.165) is 37.5 Å². The number of carboxylic acids is 1. The second-order valence-electron chi connectivity index (χ2n) is 9.43. The van der Waals surface area contributed by atoms with Crippen molar-refractivity contribution in [2.24, 2.45) is 11.3 Å². The first-order chi connectivity index (χ1) is 16.8. The van der Waals surface area contributed by atoms with Crippen LogP contribution in [0.1, 0.15) is 31.7 Å². The minimum atomic E-state index is -5.08. The van der Waals surface area contributed by atoms with Crippen molar-refractivity contribution in [3.8, 4) is 5.75 Å². The number of sulfonamides is 1. The van der Waals surface area contributed by atoms with E-state index >= 15 is 0 Å². The number of likely N-dealkylation sites (tertiary alicyclic amines) is 1. The first kappa shape index (κ1) is 28.4. The van der Waals surface area contributed by atoms with Gasteiger partial charge in [-0.05, 0) is 44.0 Å². The van der Waals surface area contributed by atoms with Crippen LogP contribution in [-0.2, 0) is 21.4 Å². The molecule has 3 heterocycles. The van der Waals surface area contributed by atoms with Crippen LogP contribution in [0.3, 0.4) is 0 Å². The second-order valence-corrected chi connectivity index (χ2v) is 12.3. The SMILES string of the molecule is CC(C)CN1CC2(CCN(Cc3nccs3)CC2)COc2ccccc2S1(=O)=O.O=C(O)C(F)(F)F. The Morgan fingerprint density at radius 1 is 1.25 bits per heavy atom. The number of piperidine rings is 1. The van der Waals surface area contributed by atoms with Crippen LogP contribution in [0.4, 0.5) is 13.2 Å². The number of rotatable bonds is 4. The van der Waals surface area contributed by atoms with Gasteiger partial charge in [0.2, 0.25) is 10.0 Å². The van der Waals surface area contributed by atoms with Gasteiger partial charge < -0.3 is 9.84 Å². The van der Waals surface area contributed by atoms with Gasteiger partial charge in [0.05, 0.1) is 13.2 Å². The van der Waals surface area contributed by atoms with Gasteiger partial charge in [-0.3, -0.25) is 4.90 Å². The Bertz CT molecular complexity index is 1120. The van der Waals surface area contributed by atoms with Crippen LogP contribution in [0.2, 0.25) is 0 Å². The molecular weight excluding hydrogens is 519 g/mol. The third-order valence-electron chi connectivity index (χ3n) is 6.08. The van der Waals surface area contributed by atoms with Gasteiger partial charge in [-0.1, -0.05) is 26.0 Å². The molecule has 0 amide bonds. The van der Waals surface area contributed by atoms with Gasteiger partial charge in [0.15, 0.2) is 0 Å². The number of thiazole rings is 1. The molecule has 36 heavy (non-hydrogen) atoms. The monoisotopic (exact) mass is 549 g/mol. The molecule has 2 aliphatic rings.